The lowest BCUT2D eigenvalue weighted by Crippen LogP contribution is -1.97. The maximum absolute atomic E-state index is 5.17. The predicted molar refractivity (Wildman–Crippen MR) is 85.2 cm³/mol. The molecule has 1 atom stereocenters. The quantitative estimate of drug-likeness (QED) is 0.283. The van der Waals surface area contributed by atoms with E-state index < -0.39 is 0 Å². The van der Waals surface area contributed by atoms with Crippen molar-refractivity contribution in [2.75, 3.05) is 20.3 Å². The Kier molecular flexibility index (Phi) is 10.7. The molecule has 0 saturated carbocycles. The summed E-state index contributed by atoms with van der Waals surface area (Å²) in [5, 5.41) is 0. The molecule has 0 N–H and O–H groups in total. The molecule has 0 aliphatic rings. The Hall–Kier alpha value is -1.48. The molecular formula is C16H26N2O. The molecule has 0 aromatic carbocycles. The van der Waals surface area contributed by atoms with Crippen molar-refractivity contribution in [1.29, 1.82) is 0 Å². The number of aliphatic imine (C=N–C) groups is 2. The number of nitrogens with zero attached hydrogens (tertiary/aromatic N) is 2. The third-order valence-electron chi connectivity index (χ3n) is 2.76. The van der Waals surface area contributed by atoms with Crippen LogP contribution in [0.3, 0.4) is 0 Å². The lowest BCUT2D eigenvalue weighted by Gasteiger charge is -2.06. The third-order valence-corrected chi connectivity index (χ3v) is 2.76. The Labute approximate surface area is 117 Å². The minimum Gasteiger partial charge on any atom is -0.376 e. The first-order valence-electron chi connectivity index (χ1n) is 6.76. The van der Waals surface area contributed by atoms with Crippen molar-refractivity contribution < 1.29 is 4.74 Å². The van der Waals surface area contributed by atoms with Crippen LogP contribution in [0.2, 0.25) is 0 Å². The van der Waals surface area contributed by atoms with E-state index in [1.54, 1.807) is 13.3 Å². The molecule has 0 saturated heterocycles. The van der Waals surface area contributed by atoms with Crippen molar-refractivity contribution in [2.45, 2.75) is 27.2 Å². The summed E-state index contributed by atoms with van der Waals surface area (Å²) in [5.41, 5.74) is 1.14. The number of amidine groups is 1. The van der Waals surface area contributed by atoms with Gasteiger partial charge in [0.25, 0.3) is 0 Å². The fourth-order valence-corrected chi connectivity index (χ4v) is 1.22. The van der Waals surface area contributed by atoms with Crippen molar-refractivity contribution in [1.82, 2.24) is 0 Å². The Bertz CT molecular complexity index is 365. The zero-order valence-corrected chi connectivity index (χ0v) is 12.6. The van der Waals surface area contributed by atoms with Crippen LogP contribution >= 0.6 is 0 Å². The largest absolute Gasteiger partial charge is 0.376 e. The summed E-state index contributed by atoms with van der Waals surface area (Å²) in [6.07, 6.45) is 10.6. The first-order valence-corrected chi connectivity index (χ1v) is 6.76. The number of ether oxygens (including phenoxy) is 1. The van der Waals surface area contributed by atoms with Crippen LogP contribution in [0.15, 0.2) is 46.4 Å². The molecule has 0 heterocycles. The molecule has 0 aromatic rings. The van der Waals surface area contributed by atoms with E-state index >= 15 is 0 Å². The first kappa shape index (κ1) is 17.5. The number of hydrogen-bond acceptors (Lipinski definition) is 2. The van der Waals surface area contributed by atoms with Gasteiger partial charge in [0, 0.05) is 19.9 Å². The van der Waals surface area contributed by atoms with E-state index in [-0.39, 0.29) is 0 Å². The second kappa shape index (κ2) is 11.6. The molecule has 19 heavy (non-hydrogen) atoms. The number of rotatable bonds is 8. The average Bonchev–Trinajstić information content (AvgIpc) is 2.44. The van der Waals surface area contributed by atoms with Gasteiger partial charge in [-0.2, -0.15) is 0 Å². The second-order valence-corrected chi connectivity index (χ2v) is 4.16. The number of allylic oxidation sites excluding steroid dienone is 4. The highest BCUT2D eigenvalue weighted by atomic mass is 16.5. The summed E-state index contributed by atoms with van der Waals surface area (Å²) in [4.78, 5) is 8.28. The molecule has 0 radical (unpaired) electrons. The van der Waals surface area contributed by atoms with Crippen molar-refractivity contribution in [3.05, 3.63) is 36.5 Å². The SMILES string of the molecule is C=C(/C=C\C=C\C(N=CCOCC)=NC)C(C)CC. The van der Waals surface area contributed by atoms with Crippen LogP contribution in [0.4, 0.5) is 0 Å². The molecule has 0 bridgehead atoms. The zero-order valence-electron chi connectivity index (χ0n) is 12.6. The van der Waals surface area contributed by atoms with Crippen molar-refractivity contribution in [2.24, 2.45) is 15.9 Å². The summed E-state index contributed by atoms with van der Waals surface area (Å²) in [5.74, 6) is 1.20. The van der Waals surface area contributed by atoms with Crippen LogP contribution in [-0.2, 0) is 4.74 Å². The maximum atomic E-state index is 5.17. The van der Waals surface area contributed by atoms with Crippen LogP contribution in [0.25, 0.3) is 0 Å². The Balaban J connectivity index is 4.25. The van der Waals surface area contributed by atoms with E-state index in [9.17, 15) is 0 Å². The molecule has 106 valence electrons. The summed E-state index contributed by atoms with van der Waals surface area (Å²) < 4.78 is 5.17. The normalized spacial score (nSPS) is 14.8. The summed E-state index contributed by atoms with van der Waals surface area (Å²) >= 11 is 0. The number of hydrogen-bond donors (Lipinski definition) is 0. The molecule has 0 amide bonds. The van der Waals surface area contributed by atoms with Gasteiger partial charge in [-0.25, -0.2) is 4.99 Å². The lowest BCUT2D eigenvalue weighted by atomic mass is 10.00. The van der Waals surface area contributed by atoms with Gasteiger partial charge in [-0.3, -0.25) is 4.99 Å². The highest BCUT2D eigenvalue weighted by Crippen LogP contribution is 2.12. The van der Waals surface area contributed by atoms with Crippen molar-refractivity contribution in [3.8, 4) is 0 Å². The zero-order chi connectivity index (χ0) is 14.5. The van der Waals surface area contributed by atoms with E-state index in [2.05, 4.69) is 30.4 Å². The van der Waals surface area contributed by atoms with Gasteiger partial charge >= 0.3 is 0 Å². The molecule has 0 spiro atoms. The standard InChI is InChI=1S/C16H26N2O/c1-6-14(3)15(4)10-8-9-11-16(17-5)18-12-13-19-7-2/h8-12,14H,4,6-7,13H2,1-3,5H3/b10-8-,11-9+,17-16?,18-12?. The maximum Gasteiger partial charge on any atom is 0.146 e. The highest BCUT2D eigenvalue weighted by Gasteiger charge is 1.98. The monoisotopic (exact) mass is 262 g/mol. The fourth-order valence-electron chi connectivity index (χ4n) is 1.22. The molecule has 0 aromatic heterocycles. The van der Waals surface area contributed by atoms with Gasteiger partial charge in [0.1, 0.15) is 5.84 Å². The Morgan fingerprint density at radius 1 is 1.26 bits per heavy atom. The van der Waals surface area contributed by atoms with Crippen LogP contribution in [-0.4, -0.2) is 32.3 Å². The van der Waals surface area contributed by atoms with Crippen LogP contribution in [0.1, 0.15) is 27.2 Å². The van der Waals surface area contributed by atoms with E-state index in [0.717, 1.165) is 12.0 Å². The topological polar surface area (TPSA) is 34.0 Å². The minimum absolute atomic E-state index is 0.518. The Morgan fingerprint density at radius 2 is 1.95 bits per heavy atom. The van der Waals surface area contributed by atoms with Crippen LogP contribution in [0.5, 0.6) is 0 Å². The smallest absolute Gasteiger partial charge is 0.146 e. The van der Waals surface area contributed by atoms with E-state index in [1.807, 2.05) is 31.2 Å². The van der Waals surface area contributed by atoms with Crippen molar-refractivity contribution >= 4 is 12.1 Å². The molecule has 3 nitrogen and oxygen atoms in total. The van der Waals surface area contributed by atoms with Crippen molar-refractivity contribution in [3.63, 3.8) is 0 Å². The minimum atomic E-state index is 0.518. The highest BCUT2D eigenvalue weighted by molar-refractivity contribution is 5.98. The van der Waals surface area contributed by atoms with Gasteiger partial charge in [0.2, 0.25) is 0 Å². The van der Waals surface area contributed by atoms with Gasteiger partial charge in [0.15, 0.2) is 0 Å². The van der Waals surface area contributed by atoms with Gasteiger partial charge in [-0.1, -0.05) is 44.2 Å². The third kappa shape index (κ3) is 9.14. The Morgan fingerprint density at radius 3 is 2.53 bits per heavy atom. The van der Waals surface area contributed by atoms with E-state index in [1.165, 1.54) is 0 Å². The summed E-state index contributed by atoms with van der Waals surface area (Å²) in [6, 6.07) is 0. The molecule has 0 rings (SSSR count). The molecule has 3 heteroatoms. The van der Waals surface area contributed by atoms with Gasteiger partial charge in [-0.05, 0) is 25.3 Å². The molecule has 0 fully saturated rings. The van der Waals surface area contributed by atoms with Crippen LogP contribution < -0.4 is 0 Å². The van der Waals surface area contributed by atoms with Crippen LogP contribution in [0, 0.1) is 5.92 Å². The van der Waals surface area contributed by atoms with Gasteiger partial charge < -0.3 is 4.74 Å². The molecule has 0 aliphatic carbocycles. The van der Waals surface area contributed by atoms with Gasteiger partial charge in [-0.15, -0.1) is 0 Å². The summed E-state index contributed by atoms with van der Waals surface area (Å²) in [6.45, 7) is 11.5. The molecular weight excluding hydrogens is 236 g/mol. The first-order chi connectivity index (χ1) is 9.15. The molecule has 0 aliphatic heterocycles. The fraction of sp³-hybridized carbons (Fsp3) is 0.500. The van der Waals surface area contributed by atoms with E-state index in [0.29, 0.717) is 25.0 Å². The van der Waals surface area contributed by atoms with Gasteiger partial charge in [0.05, 0.1) is 6.61 Å². The average molecular weight is 262 g/mol. The predicted octanol–water partition coefficient (Wildman–Crippen LogP) is 3.84. The second-order valence-electron chi connectivity index (χ2n) is 4.16. The molecule has 1 unspecified atom stereocenters. The van der Waals surface area contributed by atoms with E-state index in [4.69, 9.17) is 4.74 Å². The summed E-state index contributed by atoms with van der Waals surface area (Å²) in [7, 11) is 1.72. The lowest BCUT2D eigenvalue weighted by molar-refractivity contribution is 0.190.